The molecule has 5 aromatic rings. The van der Waals surface area contributed by atoms with Gasteiger partial charge >= 0.3 is 6.09 Å². The first-order valence-electron chi connectivity index (χ1n) is 12.2. The highest BCUT2D eigenvalue weighted by Gasteiger charge is 2.28. The maximum absolute atomic E-state index is 13.4. The minimum absolute atomic E-state index is 0.137. The zero-order chi connectivity index (χ0) is 26.9. The van der Waals surface area contributed by atoms with Gasteiger partial charge in [-0.2, -0.15) is 4.68 Å². The number of tetrazole rings is 1. The summed E-state index contributed by atoms with van der Waals surface area (Å²) in [4.78, 5) is 37.2. The van der Waals surface area contributed by atoms with E-state index in [4.69, 9.17) is 16.3 Å². The van der Waals surface area contributed by atoms with Gasteiger partial charge in [-0.3, -0.25) is 10.1 Å². The molecule has 0 saturated heterocycles. The number of aryl methyl sites for hydroxylation is 1. The average Bonchev–Trinajstić information content (AvgIpc) is 3.70. The molecule has 196 valence electrons. The Bertz CT molecular complexity index is 1710. The topological polar surface area (TPSA) is 146 Å². The molecule has 13 heteroatoms. The number of aromatic nitrogens is 8. The molecule has 0 unspecified atom stereocenters. The fourth-order valence-corrected chi connectivity index (χ4v) is 4.94. The number of halogens is 1. The summed E-state index contributed by atoms with van der Waals surface area (Å²) in [5, 5.41) is 14.5. The van der Waals surface area contributed by atoms with Crippen molar-refractivity contribution in [1.82, 2.24) is 39.7 Å². The number of benzene rings is 1. The van der Waals surface area contributed by atoms with Gasteiger partial charge in [0.15, 0.2) is 0 Å². The van der Waals surface area contributed by atoms with Crippen LogP contribution in [0.4, 0.5) is 10.6 Å². The fraction of sp³-hybridized carbons (Fsp3) is 0.192. The molecule has 2 N–H and O–H groups in total. The van der Waals surface area contributed by atoms with Crippen molar-refractivity contribution < 1.29 is 9.53 Å². The highest BCUT2D eigenvalue weighted by atomic mass is 35.5. The molecule has 4 aromatic heterocycles. The second-order valence-corrected chi connectivity index (χ2v) is 9.31. The second-order valence-electron chi connectivity index (χ2n) is 8.87. The van der Waals surface area contributed by atoms with Crippen LogP contribution in [0, 0.1) is 0 Å². The van der Waals surface area contributed by atoms with Gasteiger partial charge < -0.3 is 14.3 Å². The number of carbonyl (C=O) groups is 1. The smallest absolute Gasteiger partial charge is 0.412 e. The van der Waals surface area contributed by atoms with E-state index < -0.39 is 6.09 Å². The summed E-state index contributed by atoms with van der Waals surface area (Å²) in [5.74, 6) is 1.07. The molecule has 1 atom stereocenters. The average molecular weight is 544 g/mol. The van der Waals surface area contributed by atoms with E-state index in [-0.39, 0.29) is 18.2 Å². The van der Waals surface area contributed by atoms with Crippen molar-refractivity contribution in [2.45, 2.75) is 25.8 Å². The molecule has 0 fully saturated rings. The lowest BCUT2D eigenvalue weighted by Crippen LogP contribution is -2.23. The van der Waals surface area contributed by atoms with Crippen molar-refractivity contribution in [3.8, 4) is 28.1 Å². The number of aromatic amines is 1. The molecule has 5 heterocycles. The molecule has 0 saturated carbocycles. The molecule has 12 nitrogen and oxygen atoms in total. The molecule has 1 aromatic carbocycles. The molecule has 0 radical (unpaired) electrons. The third kappa shape index (κ3) is 4.77. The first-order valence-corrected chi connectivity index (χ1v) is 12.6. The fourth-order valence-electron chi connectivity index (χ4n) is 4.77. The number of fused-ring (bicyclic) bond motifs is 1. The minimum atomic E-state index is -0.558. The summed E-state index contributed by atoms with van der Waals surface area (Å²) >= 11 is 6.30. The van der Waals surface area contributed by atoms with Gasteiger partial charge in [0.1, 0.15) is 18.0 Å². The lowest BCUT2D eigenvalue weighted by atomic mass is 10.0. The Morgan fingerprint density at radius 1 is 1.15 bits per heavy atom. The van der Waals surface area contributed by atoms with E-state index in [1.54, 1.807) is 48.1 Å². The standard InChI is InChI=1S/C26H22ClN9O3/c1-2-39-26(38)32-23-8-3-15(12-28-23)20-13-29-25(31-20)22-7-5-18-9-16(10-24(37)36(18)22)19-11-17(27)4-6-21(19)35-14-30-33-34-35/h3-4,6,8-14,22H,2,5,7H2,1H3,(H,29,31)(H,28,32,38)/t22-/m0/s1. The van der Waals surface area contributed by atoms with Crippen LogP contribution in [0.3, 0.4) is 0 Å². The van der Waals surface area contributed by atoms with Crippen molar-refractivity contribution in [1.29, 1.82) is 0 Å². The van der Waals surface area contributed by atoms with Gasteiger partial charge in [-0.15, -0.1) is 5.10 Å². The molecule has 1 aliphatic heterocycles. The summed E-state index contributed by atoms with van der Waals surface area (Å²) in [6.45, 7) is 2.01. The zero-order valence-electron chi connectivity index (χ0n) is 20.7. The van der Waals surface area contributed by atoms with Gasteiger partial charge in [-0.05, 0) is 72.2 Å². The number of imidazole rings is 1. The van der Waals surface area contributed by atoms with Crippen molar-refractivity contribution in [2.24, 2.45) is 0 Å². The SMILES string of the molecule is CCOC(=O)Nc1ccc(-c2cnc([C@@H]3CCc4cc(-c5cc(Cl)ccc5-n5cnnn5)cc(=O)n43)[nH]2)cn1. The molecular weight excluding hydrogens is 522 g/mol. The van der Waals surface area contributed by atoms with E-state index in [2.05, 4.69) is 35.8 Å². The minimum Gasteiger partial charge on any atom is -0.450 e. The quantitative estimate of drug-likeness (QED) is 0.326. The second kappa shape index (κ2) is 10.1. The number of carbonyl (C=O) groups excluding carboxylic acids is 1. The van der Waals surface area contributed by atoms with E-state index in [1.807, 2.05) is 18.2 Å². The first-order chi connectivity index (χ1) is 19.0. The number of amides is 1. The van der Waals surface area contributed by atoms with E-state index >= 15 is 0 Å². The van der Waals surface area contributed by atoms with Crippen LogP contribution in [0.1, 0.15) is 30.9 Å². The Kier molecular flexibility index (Phi) is 6.37. The van der Waals surface area contributed by atoms with Gasteiger partial charge in [-0.1, -0.05) is 11.6 Å². The van der Waals surface area contributed by atoms with Gasteiger partial charge in [0.2, 0.25) is 0 Å². The number of anilines is 1. The predicted octanol–water partition coefficient (Wildman–Crippen LogP) is 4.03. The number of ether oxygens (including phenoxy) is 1. The van der Waals surface area contributed by atoms with Crippen LogP contribution >= 0.6 is 11.6 Å². The van der Waals surface area contributed by atoms with Crippen LogP contribution in [0.2, 0.25) is 5.02 Å². The largest absolute Gasteiger partial charge is 0.450 e. The third-order valence-corrected chi connectivity index (χ3v) is 6.73. The highest BCUT2D eigenvalue weighted by Crippen LogP contribution is 2.34. The molecule has 1 amide bonds. The lowest BCUT2D eigenvalue weighted by Gasteiger charge is -2.15. The lowest BCUT2D eigenvalue weighted by molar-refractivity contribution is 0.168. The molecule has 0 aliphatic carbocycles. The van der Waals surface area contributed by atoms with Crippen molar-refractivity contribution in [3.63, 3.8) is 0 Å². The Balaban J connectivity index is 1.28. The van der Waals surface area contributed by atoms with Crippen LogP contribution in [-0.4, -0.2) is 52.4 Å². The number of hydrogen-bond donors (Lipinski definition) is 2. The first kappa shape index (κ1) is 24.5. The molecule has 1 aliphatic rings. The van der Waals surface area contributed by atoms with Crippen LogP contribution in [-0.2, 0) is 11.2 Å². The molecule has 0 spiro atoms. The van der Waals surface area contributed by atoms with E-state index in [1.165, 1.54) is 11.0 Å². The monoisotopic (exact) mass is 543 g/mol. The maximum Gasteiger partial charge on any atom is 0.412 e. The van der Waals surface area contributed by atoms with Gasteiger partial charge in [0, 0.05) is 34.1 Å². The number of nitrogens with one attached hydrogen (secondary N) is 2. The molecule has 6 rings (SSSR count). The maximum atomic E-state index is 13.4. The molecular formula is C26H22ClN9O3. The zero-order valence-corrected chi connectivity index (χ0v) is 21.5. The Morgan fingerprint density at radius 2 is 2.05 bits per heavy atom. The number of hydrogen-bond acceptors (Lipinski definition) is 8. The summed E-state index contributed by atoms with van der Waals surface area (Å²) in [7, 11) is 0. The number of pyridine rings is 2. The summed E-state index contributed by atoms with van der Waals surface area (Å²) in [6.07, 6.45) is 5.72. The number of H-pyrrole nitrogens is 1. The van der Waals surface area contributed by atoms with Crippen LogP contribution in [0.25, 0.3) is 28.1 Å². The summed E-state index contributed by atoms with van der Waals surface area (Å²) in [5.41, 5.74) is 4.52. The summed E-state index contributed by atoms with van der Waals surface area (Å²) in [6, 6.07) is 12.3. The van der Waals surface area contributed by atoms with Crippen LogP contribution in [0.5, 0.6) is 0 Å². The van der Waals surface area contributed by atoms with Gasteiger partial charge in [0.25, 0.3) is 5.56 Å². The van der Waals surface area contributed by atoms with Gasteiger partial charge in [0.05, 0.1) is 30.2 Å². The third-order valence-electron chi connectivity index (χ3n) is 6.49. The summed E-state index contributed by atoms with van der Waals surface area (Å²) < 4.78 is 8.19. The normalized spacial score (nSPS) is 14.3. The van der Waals surface area contributed by atoms with Crippen LogP contribution in [0.15, 0.2) is 66.0 Å². The van der Waals surface area contributed by atoms with Crippen molar-refractivity contribution in [3.05, 3.63) is 88.1 Å². The van der Waals surface area contributed by atoms with E-state index in [0.717, 1.165) is 40.2 Å². The van der Waals surface area contributed by atoms with Crippen LogP contribution < -0.4 is 10.9 Å². The van der Waals surface area contributed by atoms with E-state index in [0.29, 0.717) is 23.1 Å². The van der Waals surface area contributed by atoms with Gasteiger partial charge in [-0.25, -0.2) is 14.8 Å². The Hall–Kier alpha value is -4.84. The Labute approximate surface area is 226 Å². The molecule has 0 bridgehead atoms. The number of rotatable bonds is 6. The Morgan fingerprint density at radius 3 is 2.82 bits per heavy atom. The van der Waals surface area contributed by atoms with Crippen molar-refractivity contribution in [2.75, 3.05) is 11.9 Å². The van der Waals surface area contributed by atoms with E-state index in [9.17, 15) is 9.59 Å². The highest BCUT2D eigenvalue weighted by molar-refractivity contribution is 6.31. The number of nitrogens with zero attached hydrogens (tertiary/aromatic N) is 7. The van der Waals surface area contributed by atoms with Crippen molar-refractivity contribution >= 4 is 23.5 Å². The predicted molar refractivity (Wildman–Crippen MR) is 143 cm³/mol. The molecule has 39 heavy (non-hydrogen) atoms.